The molecule has 0 saturated heterocycles. The van der Waals surface area contributed by atoms with Gasteiger partial charge in [-0.3, -0.25) is 0 Å². The average Bonchev–Trinajstić information content (AvgIpc) is 3.05. The second-order valence-corrected chi connectivity index (χ2v) is 6.57. The number of rotatable bonds is 8. The van der Waals surface area contributed by atoms with Gasteiger partial charge in [0.05, 0.1) is 18.2 Å². The summed E-state index contributed by atoms with van der Waals surface area (Å²) in [4.78, 5) is 16.5. The van der Waals surface area contributed by atoms with Crippen molar-refractivity contribution in [2.75, 3.05) is 13.2 Å². The summed E-state index contributed by atoms with van der Waals surface area (Å²) in [5, 5.41) is 0.424. The van der Waals surface area contributed by atoms with E-state index in [-0.39, 0.29) is 11.6 Å². The van der Waals surface area contributed by atoms with Gasteiger partial charge in [-0.05, 0) is 49.2 Å². The molecule has 2 aromatic rings. The second kappa shape index (κ2) is 9.42. The molecule has 146 valence electrons. The van der Waals surface area contributed by atoms with Gasteiger partial charge in [0.25, 0.3) is 0 Å². The highest BCUT2D eigenvalue weighted by molar-refractivity contribution is 6.32. The molecule has 1 heterocycles. The van der Waals surface area contributed by atoms with Gasteiger partial charge in [-0.15, -0.1) is 0 Å². The smallest absolute Gasteiger partial charge is 0.363 e. The number of nitrogens with zero attached hydrogens (tertiary/aromatic N) is 1. The molecule has 0 amide bonds. The predicted molar refractivity (Wildman–Crippen MR) is 110 cm³/mol. The van der Waals surface area contributed by atoms with Crippen molar-refractivity contribution < 1.29 is 19.0 Å². The van der Waals surface area contributed by atoms with E-state index in [1.165, 1.54) is 0 Å². The van der Waals surface area contributed by atoms with Gasteiger partial charge in [0.15, 0.2) is 17.2 Å². The van der Waals surface area contributed by atoms with E-state index in [2.05, 4.69) is 11.9 Å². The van der Waals surface area contributed by atoms with Crippen molar-refractivity contribution in [2.45, 2.75) is 26.7 Å². The minimum atomic E-state index is -0.504. The first-order valence-electron chi connectivity index (χ1n) is 9.29. The van der Waals surface area contributed by atoms with E-state index in [0.717, 1.165) is 18.4 Å². The zero-order chi connectivity index (χ0) is 19.9. The van der Waals surface area contributed by atoms with Crippen LogP contribution in [0, 0.1) is 0 Å². The summed E-state index contributed by atoms with van der Waals surface area (Å²) < 4.78 is 16.7. The Hall–Kier alpha value is -2.79. The van der Waals surface area contributed by atoms with Crippen LogP contribution in [0.3, 0.4) is 0 Å². The number of hydrogen-bond acceptors (Lipinski definition) is 5. The molecule has 6 heteroatoms. The zero-order valence-corrected chi connectivity index (χ0v) is 16.7. The van der Waals surface area contributed by atoms with Crippen LogP contribution in [-0.2, 0) is 9.53 Å². The minimum absolute atomic E-state index is 0.206. The van der Waals surface area contributed by atoms with Gasteiger partial charge in [0.2, 0.25) is 5.90 Å². The molecular weight excluding hydrogens is 378 g/mol. The van der Waals surface area contributed by atoms with Gasteiger partial charge in [-0.2, -0.15) is 0 Å². The average molecular weight is 400 g/mol. The third-order valence-corrected chi connectivity index (χ3v) is 4.30. The molecule has 3 rings (SSSR count). The molecule has 0 unspecified atom stereocenters. The molecule has 0 aliphatic carbocycles. The predicted octanol–water partition coefficient (Wildman–Crippen LogP) is 5.26. The minimum Gasteiger partial charge on any atom is -0.490 e. The molecule has 0 N–H and O–H groups in total. The van der Waals surface area contributed by atoms with Crippen molar-refractivity contribution in [3.8, 4) is 11.5 Å². The molecule has 0 radical (unpaired) electrons. The van der Waals surface area contributed by atoms with Gasteiger partial charge in [-0.25, -0.2) is 9.79 Å². The Kier molecular flexibility index (Phi) is 6.71. The largest absolute Gasteiger partial charge is 0.490 e. The van der Waals surface area contributed by atoms with Crippen molar-refractivity contribution in [3.63, 3.8) is 0 Å². The molecule has 28 heavy (non-hydrogen) atoms. The quantitative estimate of drug-likeness (QED) is 0.345. The number of carbonyl (C=O) groups is 1. The number of aliphatic imine (C=N–C) groups is 1. The molecule has 0 aromatic heterocycles. The maximum atomic E-state index is 12.2. The maximum Gasteiger partial charge on any atom is 0.363 e. The topological polar surface area (TPSA) is 57.1 Å². The third kappa shape index (κ3) is 4.73. The summed E-state index contributed by atoms with van der Waals surface area (Å²) in [6.45, 7) is 5.01. The number of ether oxygens (including phenoxy) is 3. The molecule has 1 aliphatic heterocycles. The Balaban J connectivity index is 1.90. The van der Waals surface area contributed by atoms with Gasteiger partial charge in [-0.1, -0.05) is 43.1 Å². The number of halogens is 1. The Morgan fingerprint density at radius 1 is 1.14 bits per heavy atom. The van der Waals surface area contributed by atoms with E-state index in [1.807, 2.05) is 37.3 Å². The van der Waals surface area contributed by atoms with Crippen LogP contribution in [0.15, 0.2) is 53.2 Å². The molecule has 5 nitrogen and oxygen atoms in total. The van der Waals surface area contributed by atoms with E-state index in [4.69, 9.17) is 25.8 Å². The molecule has 0 atom stereocenters. The normalized spacial score (nSPS) is 14.8. The Bertz CT molecular complexity index is 906. The molecule has 0 bridgehead atoms. The van der Waals surface area contributed by atoms with E-state index in [0.29, 0.717) is 35.3 Å². The molecule has 0 saturated carbocycles. The van der Waals surface area contributed by atoms with Gasteiger partial charge < -0.3 is 14.2 Å². The molecule has 0 spiro atoms. The number of cyclic esters (lactones) is 1. The standard InChI is InChI=1S/C22H22ClNO4/c1-3-5-11-27-20-17(23)12-15(14-19(20)26-4-2)13-18-22(25)28-21(24-18)16-9-7-6-8-10-16/h6-10,12-14H,3-5,11H2,1-2H3/b18-13-. The first-order chi connectivity index (χ1) is 13.6. The maximum absolute atomic E-state index is 12.2. The van der Waals surface area contributed by atoms with Crippen LogP contribution in [0.1, 0.15) is 37.8 Å². The molecule has 2 aromatic carbocycles. The fourth-order valence-electron chi connectivity index (χ4n) is 2.66. The van der Waals surface area contributed by atoms with E-state index in [1.54, 1.807) is 18.2 Å². The summed E-state index contributed by atoms with van der Waals surface area (Å²) in [6.07, 6.45) is 3.58. The highest BCUT2D eigenvalue weighted by Gasteiger charge is 2.24. The van der Waals surface area contributed by atoms with Crippen molar-refractivity contribution in [2.24, 2.45) is 4.99 Å². The molecular formula is C22H22ClNO4. The van der Waals surface area contributed by atoms with Crippen LogP contribution in [0.25, 0.3) is 6.08 Å². The second-order valence-electron chi connectivity index (χ2n) is 6.17. The van der Waals surface area contributed by atoms with Crippen molar-refractivity contribution in [1.82, 2.24) is 0 Å². The molecule has 1 aliphatic rings. The third-order valence-electron chi connectivity index (χ3n) is 4.02. The fraction of sp³-hybridized carbons (Fsp3) is 0.273. The van der Waals surface area contributed by atoms with Crippen LogP contribution >= 0.6 is 11.6 Å². The highest BCUT2D eigenvalue weighted by Crippen LogP contribution is 2.37. The van der Waals surface area contributed by atoms with Crippen LogP contribution in [0.5, 0.6) is 11.5 Å². The van der Waals surface area contributed by atoms with Crippen molar-refractivity contribution in [1.29, 1.82) is 0 Å². The van der Waals surface area contributed by atoms with Crippen LogP contribution in [-0.4, -0.2) is 25.1 Å². The summed E-state index contributed by atoms with van der Waals surface area (Å²) >= 11 is 6.41. The van der Waals surface area contributed by atoms with Gasteiger partial charge >= 0.3 is 5.97 Å². The number of hydrogen-bond donors (Lipinski definition) is 0. The lowest BCUT2D eigenvalue weighted by atomic mass is 10.1. The summed E-state index contributed by atoms with van der Waals surface area (Å²) in [7, 11) is 0. The van der Waals surface area contributed by atoms with Crippen molar-refractivity contribution >= 4 is 29.5 Å². The number of benzene rings is 2. The van der Waals surface area contributed by atoms with E-state index < -0.39 is 5.97 Å². The van der Waals surface area contributed by atoms with Crippen LogP contribution in [0.2, 0.25) is 5.02 Å². The number of carbonyl (C=O) groups excluding carboxylic acids is 1. The molecule has 0 fully saturated rings. The summed E-state index contributed by atoms with van der Waals surface area (Å²) in [6, 6.07) is 12.8. The lowest BCUT2D eigenvalue weighted by Crippen LogP contribution is -2.05. The first kappa shape index (κ1) is 20.0. The first-order valence-corrected chi connectivity index (χ1v) is 9.67. The van der Waals surface area contributed by atoms with Crippen LogP contribution in [0.4, 0.5) is 0 Å². The lowest BCUT2D eigenvalue weighted by molar-refractivity contribution is -0.129. The monoisotopic (exact) mass is 399 g/mol. The van der Waals surface area contributed by atoms with Gasteiger partial charge in [0, 0.05) is 5.56 Å². The Labute approximate surface area is 169 Å². The number of unbranched alkanes of at least 4 members (excludes halogenated alkanes) is 1. The van der Waals surface area contributed by atoms with Gasteiger partial charge in [0.1, 0.15) is 0 Å². The zero-order valence-electron chi connectivity index (χ0n) is 15.9. The van der Waals surface area contributed by atoms with Crippen molar-refractivity contribution in [3.05, 3.63) is 64.3 Å². The fourth-order valence-corrected chi connectivity index (χ4v) is 2.94. The highest BCUT2D eigenvalue weighted by atomic mass is 35.5. The van der Waals surface area contributed by atoms with E-state index >= 15 is 0 Å². The summed E-state index contributed by atoms with van der Waals surface area (Å²) in [5.41, 5.74) is 1.63. The SMILES string of the molecule is CCCCOc1c(Cl)cc(/C=C2\N=C(c3ccccc3)OC2=O)cc1OCC. The van der Waals surface area contributed by atoms with E-state index in [9.17, 15) is 4.79 Å². The Morgan fingerprint density at radius 3 is 2.64 bits per heavy atom. The lowest BCUT2D eigenvalue weighted by Gasteiger charge is -2.14. The summed E-state index contributed by atoms with van der Waals surface area (Å²) in [5.74, 6) is 0.835. The van der Waals surface area contributed by atoms with Crippen LogP contribution < -0.4 is 9.47 Å². The number of esters is 1. The Morgan fingerprint density at radius 2 is 1.93 bits per heavy atom.